The van der Waals surface area contributed by atoms with E-state index in [2.05, 4.69) is 5.32 Å². The molecule has 122 valence electrons. The molecule has 2 rings (SSSR count). The maximum Gasteiger partial charge on any atom is 0.254 e. The number of halogens is 4. The number of benzene rings is 2. The Labute approximate surface area is 135 Å². The van der Waals surface area contributed by atoms with E-state index in [-0.39, 0.29) is 6.54 Å². The van der Waals surface area contributed by atoms with Crippen LogP contribution in [0.2, 0.25) is 5.02 Å². The molecule has 0 bridgehead atoms. The van der Waals surface area contributed by atoms with E-state index in [0.29, 0.717) is 16.7 Å². The standard InChI is InChI=1S/C16H13ClF3NO2/c1-16(23,9-2-4-10(17)5-3-9)8-21-15(22)11-6-7-12(18)14(20)13(11)19/h2-7,23H,8H2,1H3,(H,21,22). The highest BCUT2D eigenvalue weighted by atomic mass is 35.5. The van der Waals surface area contributed by atoms with Gasteiger partial charge in [-0.15, -0.1) is 0 Å². The summed E-state index contributed by atoms with van der Waals surface area (Å²) < 4.78 is 39.5. The van der Waals surface area contributed by atoms with Gasteiger partial charge >= 0.3 is 0 Å². The van der Waals surface area contributed by atoms with Crippen molar-refractivity contribution >= 4 is 17.5 Å². The van der Waals surface area contributed by atoms with Crippen molar-refractivity contribution in [3.63, 3.8) is 0 Å². The lowest BCUT2D eigenvalue weighted by atomic mass is 9.96. The lowest BCUT2D eigenvalue weighted by molar-refractivity contribution is 0.0525. The second kappa shape index (κ2) is 6.60. The minimum atomic E-state index is -1.72. The van der Waals surface area contributed by atoms with Gasteiger partial charge in [-0.1, -0.05) is 23.7 Å². The lowest BCUT2D eigenvalue weighted by Gasteiger charge is -2.24. The van der Waals surface area contributed by atoms with E-state index < -0.39 is 34.5 Å². The summed E-state index contributed by atoms with van der Waals surface area (Å²) >= 11 is 5.76. The minimum absolute atomic E-state index is 0.258. The molecule has 7 heteroatoms. The summed E-state index contributed by atoms with van der Waals surface area (Å²) in [5, 5.41) is 13.1. The summed E-state index contributed by atoms with van der Waals surface area (Å²) in [4.78, 5) is 11.9. The van der Waals surface area contributed by atoms with Crippen LogP contribution in [0.15, 0.2) is 36.4 Å². The van der Waals surface area contributed by atoms with Gasteiger partial charge in [0, 0.05) is 5.02 Å². The number of hydrogen-bond donors (Lipinski definition) is 2. The molecule has 0 aliphatic heterocycles. The molecule has 0 saturated heterocycles. The molecule has 23 heavy (non-hydrogen) atoms. The number of amides is 1. The molecule has 0 aromatic heterocycles. The first kappa shape index (κ1) is 17.3. The third kappa shape index (κ3) is 3.83. The molecule has 0 aliphatic rings. The van der Waals surface area contributed by atoms with Crippen LogP contribution in [-0.2, 0) is 5.60 Å². The Bertz CT molecular complexity index is 733. The van der Waals surface area contributed by atoms with Crippen LogP contribution in [0.3, 0.4) is 0 Å². The van der Waals surface area contributed by atoms with Crippen LogP contribution in [0.25, 0.3) is 0 Å². The molecular formula is C16H13ClF3NO2. The first-order chi connectivity index (χ1) is 10.7. The SMILES string of the molecule is CC(O)(CNC(=O)c1ccc(F)c(F)c1F)c1ccc(Cl)cc1. The zero-order valence-electron chi connectivity index (χ0n) is 12.0. The number of carbonyl (C=O) groups is 1. The van der Waals surface area contributed by atoms with Crippen LogP contribution >= 0.6 is 11.6 Å². The normalized spacial score (nSPS) is 13.5. The van der Waals surface area contributed by atoms with Gasteiger partial charge in [0.2, 0.25) is 0 Å². The van der Waals surface area contributed by atoms with E-state index in [9.17, 15) is 23.1 Å². The Morgan fingerprint density at radius 1 is 1.13 bits per heavy atom. The van der Waals surface area contributed by atoms with Crippen molar-refractivity contribution < 1.29 is 23.1 Å². The highest BCUT2D eigenvalue weighted by molar-refractivity contribution is 6.30. The lowest BCUT2D eigenvalue weighted by Crippen LogP contribution is -2.39. The van der Waals surface area contributed by atoms with Gasteiger partial charge in [-0.2, -0.15) is 0 Å². The van der Waals surface area contributed by atoms with Crippen LogP contribution in [0, 0.1) is 17.5 Å². The molecule has 0 spiro atoms. The van der Waals surface area contributed by atoms with Crippen LogP contribution in [0.5, 0.6) is 0 Å². The summed E-state index contributed by atoms with van der Waals surface area (Å²) in [6, 6.07) is 7.79. The molecule has 1 unspecified atom stereocenters. The van der Waals surface area contributed by atoms with E-state index in [4.69, 9.17) is 11.6 Å². The minimum Gasteiger partial charge on any atom is -0.384 e. The van der Waals surface area contributed by atoms with E-state index >= 15 is 0 Å². The Morgan fingerprint density at radius 3 is 2.35 bits per heavy atom. The summed E-state index contributed by atoms with van der Waals surface area (Å²) in [6.45, 7) is 1.18. The molecule has 2 aromatic rings. The average Bonchev–Trinajstić information content (AvgIpc) is 2.51. The fourth-order valence-electron chi connectivity index (χ4n) is 1.96. The number of carbonyl (C=O) groups excluding carboxylic acids is 1. The van der Waals surface area contributed by atoms with Gasteiger partial charge < -0.3 is 10.4 Å². The highest BCUT2D eigenvalue weighted by Gasteiger charge is 2.25. The number of hydrogen-bond acceptors (Lipinski definition) is 2. The van der Waals surface area contributed by atoms with Gasteiger partial charge in [0.05, 0.1) is 12.1 Å². The summed E-state index contributed by atoms with van der Waals surface area (Å²) in [5.74, 6) is -5.64. The highest BCUT2D eigenvalue weighted by Crippen LogP contribution is 2.22. The molecule has 0 fully saturated rings. The zero-order chi connectivity index (χ0) is 17.2. The zero-order valence-corrected chi connectivity index (χ0v) is 12.8. The summed E-state index contributed by atoms with van der Waals surface area (Å²) in [6.07, 6.45) is 0. The van der Waals surface area contributed by atoms with Gasteiger partial charge in [-0.25, -0.2) is 13.2 Å². The van der Waals surface area contributed by atoms with Crippen LogP contribution < -0.4 is 5.32 Å². The van der Waals surface area contributed by atoms with Gasteiger partial charge in [-0.3, -0.25) is 4.79 Å². The summed E-state index contributed by atoms with van der Waals surface area (Å²) in [5.41, 5.74) is -1.61. The third-order valence-electron chi connectivity index (χ3n) is 3.34. The molecule has 1 atom stereocenters. The fourth-order valence-corrected chi connectivity index (χ4v) is 2.09. The van der Waals surface area contributed by atoms with E-state index in [1.807, 2.05) is 0 Å². The molecule has 2 N–H and O–H groups in total. The Kier molecular flexibility index (Phi) is 4.97. The van der Waals surface area contributed by atoms with Crippen molar-refractivity contribution in [2.24, 2.45) is 0 Å². The predicted octanol–water partition coefficient (Wildman–Crippen LogP) is 3.39. The van der Waals surface area contributed by atoms with E-state index in [0.717, 1.165) is 6.07 Å². The van der Waals surface area contributed by atoms with Gasteiger partial charge in [0.1, 0.15) is 5.60 Å². The number of rotatable bonds is 4. The van der Waals surface area contributed by atoms with Gasteiger partial charge in [0.15, 0.2) is 17.5 Å². The van der Waals surface area contributed by atoms with Crippen molar-refractivity contribution in [3.8, 4) is 0 Å². The second-order valence-electron chi connectivity index (χ2n) is 5.19. The maximum atomic E-state index is 13.5. The van der Waals surface area contributed by atoms with E-state index in [1.54, 1.807) is 24.3 Å². The second-order valence-corrected chi connectivity index (χ2v) is 5.62. The molecule has 0 aliphatic carbocycles. The average molecular weight is 344 g/mol. The predicted molar refractivity (Wildman–Crippen MR) is 79.7 cm³/mol. The molecule has 0 radical (unpaired) electrons. The third-order valence-corrected chi connectivity index (χ3v) is 3.59. The van der Waals surface area contributed by atoms with Crippen molar-refractivity contribution in [3.05, 3.63) is 70.0 Å². The fraction of sp³-hybridized carbons (Fsp3) is 0.188. The molecular weight excluding hydrogens is 331 g/mol. The first-order valence-corrected chi connectivity index (χ1v) is 7.00. The largest absolute Gasteiger partial charge is 0.384 e. The van der Waals surface area contributed by atoms with Crippen molar-refractivity contribution in [2.75, 3.05) is 6.54 Å². The Morgan fingerprint density at radius 2 is 1.74 bits per heavy atom. The monoisotopic (exact) mass is 343 g/mol. The van der Waals surface area contributed by atoms with Crippen molar-refractivity contribution in [2.45, 2.75) is 12.5 Å². The smallest absolute Gasteiger partial charge is 0.254 e. The Balaban J connectivity index is 2.12. The van der Waals surface area contributed by atoms with Crippen LogP contribution in [0.1, 0.15) is 22.8 Å². The van der Waals surface area contributed by atoms with Gasteiger partial charge in [0.25, 0.3) is 5.91 Å². The molecule has 3 nitrogen and oxygen atoms in total. The Hall–Kier alpha value is -2.05. The number of aliphatic hydroxyl groups is 1. The molecule has 2 aromatic carbocycles. The molecule has 1 amide bonds. The topological polar surface area (TPSA) is 49.3 Å². The molecule has 0 heterocycles. The van der Waals surface area contributed by atoms with Crippen molar-refractivity contribution in [1.82, 2.24) is 5.32 Å². The van der Waals surface area contributed by atoms with Gasteiger partial charge in [-0.05, 0) is 36.8 Å². The van der Waals surface area contributed by atoms with Crippen LogP contribution in [0.4, 0.5) is 13.2 Å². The number of nitrogens with one attached hydrogen (secondary N) is 1. The first-order valence-electron chi connectivity index (χ1n) is 6.62. The molecule has 0 saturated carbocycles. The maximum absolute atomic E-state index is 13.5. The quantitative estimate of drug-likeness (QED) is 0.836. The summed E-state index contributed by atoms with van der Waals surface area (Å²) in [7, 11) is 0. The van der Waals surface area contributed by atoms with E-state index in [1.165, 1.54) is 6.92 Å². The van der Waals surface area contributed by atoms with Crippen molar-refractivity contribution in [1.29, 1.82) is 0 Å². The van der Waals surface area contributed by atoms with Crippen LogP contribution in [-0.4, -0.2) is 17.6 Å².